The molecule has 0 bridgehead atoms. The van der Waals surface area contributed by atoms with Crippen molar-refractivity contribution < 1.29 is 22.7 Å². The summed E-state index contributed by atoms with van der Waals surface area (Å²) < 4.78 is 30.8. The standard InChI is InChI=1S/C21H25N3O5S/c1-22-30(27,28)14-16-9-7-15(8-10-16)12-23-21(26)17-11-20(25)24(13-17)18-5-3-4-6-19(18)29-2/h3-10,17,22H,11-14H2,1-2H3,(H,23,26). The summed E-state index contributed by atoms with van der Waals surface area (Å²) in [5.74, 6) is -0.258. The van der Waals surface area contributed by atoms with Crippen molar-refractivity contribution >= 4 is 27.5 Å². The number of rotatable bonds is 8. The molecule has 0 radical (unpaired) electrons. The van der Waals surface area contributed by atoms with Gasteiger partial charge in [-0.25, -0.2) is 13.1 Å². The molecule has 1 unspecified atom stereocenters. The molecule has 3 rings (SSSR count). The molecule has 0 aliphatic carbocycles. The highest BCUT2D eigenvalue weighted by Gasteiger charge is 2.36. The number of nitrogens with one attached hydrogen (secondary N) is 2. The van der Waals surface area contributed by atoms with Crippen LogP contribution in [0.1, 0.15) is 17.5 Å². The number of nitrogens with zero attached hydrogens (tertiary/aromatic N) is 1. The van der Waals surface area contributed by atoms with Gasteiger partial charge < -0.3 is 15.0 Å². The van der Waals surface area contributed by atoms with Gasteiger partial charge in [-0.1, -0.05) is 36.4 Å². The smallest absolute Gasteiger partial charge is 0.227 e. The summed E-state index contributed by atoms with van der Waals surface area (Å²) in [5, 5.41) is 2.86. The van der Waals surface area contributed by atoms with Crippen LogP contribution in [-0.2, 0) is 31.9 Å². The van der Waals surface area contributed by atoms with Crippen molar-refractivity contribution in [3.63, 3.8) is 0 Å². The average molecular weight is 432 g/mol. The normalized spacial score (nSPS) is 16.5. The third-order valence-corrected chi connectivity index (χ3v) is 6.36. The molecule has 30 heavy (non-hydrogen) atoms. The number of hydrogen-bond acceptors (Lipinski definition) is 5. The molecule has 1 aliphatic heterocycles. The Morgan fingerprint density at radius 3 is 2.47 bits per heavy atom. The molecule has 1 saturated heterocycles. The van der Waals surface area contributed by atoms with Gasteiger partial charge in [-0.2, -0.15) is 0 Å². The van der Waals surface area contributed by atoms with E-state index in [0.717, 1.165) is 5.56 Å². The molecular formula is C21H25N3O5S. The largest absolute Gasteiger partial charge is 0.495 e. The molecule has 2 aromatic rings. The van der Waals surface area contributed by atoms with E-state index in [4.69, 9.17) is 4.74 Å². The SMILES string of the molecule is CNS(=O)(=O)Cc1ccc(CNC(=O)C2CC(=O)N(c3ccccc3OC)C2)cc1. The van der Waals surface area contributed by atoms with E-state index in [1.165, 1.54) is 7.05 Å². The van der Waals surface area contributed by atoms with E-state index in [0.29, 0.717) is 30.1 Å². The average Bonchev–Trinajstić information content (AvgIpc) is 3.14. The summed E-state index contributed by atoms with van der Waals surface area (Å²) in [5.41, 5.74) is 2.17. The van der Waals surface area contributed by atoms with Gasteiger partial charge in [0.1, 0.15) is 5.75 Å². The van der Waals surface area contributed by atoms with Crippen molar-refractivity contribution in [3.05, 3.63) is 59.7 Å². The molecule has 1 atom stereocenters. The predicted molar refractivity (Wildman–Crippen MR) is 113 cm³/mol. The number of carbonyl (C=O) groups is 2. The lowest BCUT2D eigenvalue weighted by molar-refractivity contribution is -0.126. The van der Waals surface area contributed by atoms with Crippen LogP contribution in [0.5, 0.6) is 5.75 Å². The van der Waals surface area contributed by atoms with Crippen LogP contribution >= 0.6 is 0 Å². The van der Waals surface area contributed by atoms with Crippen molar-refractivity contribution in [3.8, 4) is 5.75 Å². The maximum absolute atomic E-state index is 12.6. The molecule has 1 aliphatic rings. The van der Waals surface area contributed by atoms with Crippen molar-refractivity contribution in [1.29, 1.82) is 0 Å². The van der Waals surface area contributed by atoms with Gasteiger partial charge in [0.15, 0.2) is 0 Å². The lowest BCUT2D eigenvalue weighted by atomic mass is 10.1. The van der Waals surface area contributed by atoms with E-state index in [1.54, 1.807) is 48.4 Å². The first-order chi connectivity index (χ1) is 14.3. The Morgan fingerprint density at radius 1 is 1.13 bits per heavy atom. The highest BCUT2D eigenvalue weighted by molar-refractivity contribution is 7.88. The molecule has 8 nitrogen and oxygen atoms in total. The predicted octanol–water partition coefficient (Wildman–Crippen LogP) is 1.41. The third-order valence-electron chi connectivity index (χ3n) is 5.03. The van der Waals surface area contributed by atoms with Crippen LogP contribution in [0.2, 0.25) is 0 Å². The Kier molecular flexibility index (Phi) is 6.73. The van der Waals surface area contributed by atoms with E-state index in [9.17, 15) is 18.0 Å². The summed E-state index contributed by atoms with van der Waals surface area (Å²) >= 11 is 0. The third kappa shape index (κ3) is 5.17. The van der Waals surface area contributed by atoms with Crippen molar-refractivity contribution in [2.45, 2.75) is 18.7 Å². The van der Waals surface area contributed by atoms with Crippen LogP contribution in [0.25, 0.3) is 0 Å². The van der Waals surface area contributed by atoms with Gasteiger partial charge in [-0.05, 0) is 30.3 Å². The topological polar surface area (TPSA) is 105 Å². The number of amides is 2. The minimum Gasteiger partial charge on any atom is -0.495 e. The van der Waals surface area contributed by atoms with Crippen LogP contribution in [0.3, 0.4) is 0 Å². The molecule has 160 valence electrons. The number of methoxy groups -OCH3 is 1. The molecule has 9 heteroatoms. The zero-order valence-corrected chi connectivity index (χ0v) is 17.7. The quantitative estimate of drug-likeness (QED) is 0.658. The molecule has 2 amide bonds. The number of sulfonamides is 1. The van der Waals surface area contributed by atoms with Crippen LogP contribution < -0.4 is 19.7 Å². The van der Waals surface area contributed by atoms with Crippen LogP contribution in [0.15, 0.2) is 48.5 Å². The number of benzene rings is 2. The van der Waals surface area contributed by atoms with Gasteiger partial charge in [0.05, 0.1) is 24.5 Å². The molecule has 0 aromatic heterocycles. The molecule has 2 N–H and O–H groups in total. The molecule has 2 aromatic carbocycles. The first kappa shape index (κ1) is 21.8. The van der Waals surface area contributed by atoms with E-state index in [2.05, 4.69) is 10.0 Å². The monoisotopic (exact) mass is 431 g/mol. The summed E-state index contributed by atoms with van der Waals surface area (Å²) in [6, 6.07) is 14.2. The van der Waals surface area contributed by atoms with Gasteiger partial charge in [0.25, 0.3) is 0 Å². The van der Waals surface area contributed by atoms with E-state index < -0.39 is 15.9 Å². The maximum atomic E-state index is 12.6. The van der Waals surface area contributed by atoms with Crippen LogP contribution in [0, 0.1) is 5.92 Å². The lowest BCUT2D eigenvalue weighted by Crippen LogP contribution is -2.32. The Hall–Kier alpha value is -2.91. The van der Waals surface area contributed by atoms with Crippen LogP contribution in [0.4, 0.5) is 5.69 Å². The zero-order valence-electron chi connectivity index (χ0n) is 16.9. The molecule has 0 saturated carbocycles. The maximum Gasteiger partial charge on any atom is 0.227 e. The van der Waals surface area contributed by atoms with Gasteiger partial charge in [0, 0.05) is 19.5 Å². The number of anilines is 1. The Balaban J connectivity index is 1.57. The van der Waals surface area contributed by atoms with Gasteiger partial charge in [-0.15, -0.1) is 0 Å². The fourth-order valence-electron chi connectivity index (χ4n) is 3.35. The Morgan fingerprint density at radius 2 is 1.80 bits per heavy atom. The zero-order chi connectivity index (χ0) is 21.7. The first-order valence-corrected chi connectivity index (χ1v) is 11.2. The van der Waals surface area contributed by atoms with Crippen molar-refractivity contribution in [2.75, 3.05) is 25.6 Å². The second kappa shape index (κ2) is 9.27. The first-order valence-electron chi connectivity index (χ1n) is 9.53. The van der Waals surface area contributed by atoms with E-state index >= 15 is 0 Å². The second-order valence-electron chi connectivity index (χ2n) is 7.07. The minimum absolute atomic E-state index is 0.0981. The molecule has 0 spiro atoms. The summed E-state index contributed by atoms with van der Waals surface area (Å²) in [4.78, 5) is 26.6. The summed E-state index contributed by atoms with van der Waals surface area (Å²) in [7, 11) is -0.404. The van der Waals surface area contributed by atoms with Gasteiger partial charge in [-0.3, -0.25) is 9.59 Å². The number of hydrogen-bond donors (Lipinski definition) is 2. The highest BCUT2D eigenvalue weighted by Crippen LogP contribution is 2.32. The fourth-order valence-corrected chi connectivity index (χ4v) is 4.12. The number of ether oxygens (including phenoxy) is 1. The van der Waals surface area contributed by atoms with E-state index in [1.807, 2.05) is 12.1 Å². The minimum atomic E-state index is -3.33. The van der Waals surface area contributed by atoms with Gasteiger partial charge >= 0.3 is 0 Å². The molecule has 1 fully saturated rings. The Bertz CT molecular complexity index is 1020. The van der Waals surface area contributed by atoms with Crippen molar-refractivity contribution in [2.24, 2.45) is 5.92 Å². The van der Waals surface area contributed by atoms with Crippen molar-refractivity contribution in [1.82, 2.24) is 10.0 Å². The van der Waals surface area contributed by atoms with E-state index in [-0.39, 0.29) is 24.0 Å². The highest BCUT2D eigenvalue weighted by atomic mass is 32.2. The fraction of sp³-hybridized carbons (Fsp3) is 0.333. The number of para-hydroxylation sites is 2. The Labute approximate surface area is 176 Å². The number of carbonyl (C=O) groups excluding carboxylic acids is 2. The van der Waals surface area contributed by atoms with Gasteiger partial charge in [0.2, 0.25) is 21.8 Å². The second-order valence-corrected chi connectivity index (χ2v) is 9.00. The molecule has 1 heterocycles. The summed E-state index contributed by atoms with van der Waals surface area (Å²) in [6.45, 7) is 0.600. The lowest BCUT2D eigenvalue weighted by Gasteiger charge is -2.19. The summed E-state index contributed by atoms with van der Waals surface area (Å²) in [6.07, 6.45) is 0.144. The molecular weight excluding hydrogens is 406 g/mol. The van der Waals surface area contributed by atoms with Crippen LogP contribution in [-0.4, -0.2) is 40.9 Å².